The predicted molar refractivity (Wildman–Crippen MR) is 167 cm³/mol. The van der Waals surface area contributed by atoms with E-state index in [1.165, 1.54) is 5.39 Å². The van der Waals surface area contributed by atoms with Crippen molar-refractivity contribution in [2.45, 2.75) is 57.0 Å². The lowest BCUT2D eigenvalue weighted by molar-refractivity contribution is -0.140. The number of nitrogens with one attached hydrogen (secondary N) is 2. The number of rotatable bonds is 4. The van der Waals surface area contributed by atoms with Gasteiger partial charge in [-0.25, -0.2) is 0 Å². The van der Waals surface area contributed by atoms with Gasteiger partial charge in [-0.15, -0.1) is 0 Å². The molecule has 7 nitrogen and oxygen atoms in total. The molecule has 2 fully saturated rings. The van der Waals surface area contributed by atoms with Crippen molar-refractivity contribution in [2.24, 2.45) is 11.3 Å². The fraction of sp³-hybridized carbons (Fsp3) is 0.417. The van der Waals surface area contributed by atoms with Crippen LogP contribution in [0.3, 0.4) is 0 Å². The van der Waals surface area contributed by atoms with Crippen molar-refractivity contribution < 1.29 is 19.1 Å². The summed E-state index contributed by atoms with van der Waals surface area (Å²) in [6.07, 6.45) is 8.36. The standard InChI is InChI=1S/C36H41N3O4/c40-33(24-27-13-14-28-10-4-5-11-29(28)22-27)39-19-15-31-30(25-39)12-6-7-16-36(17-20-43-21-18-36)35(42)38-32(34(41)37-31)23-26-8-2-1-3-9-26/h1-11,13-14,22,30-32H,12,15-21,23-25H2,(H,37,41)(H,38,42)/b7-6+/t30-,31+,32+/m1/s1. The van der Waals surface area contributed by atoms with E-state index in [-0.39, 0.29) is 29.7 Å². The van der Waals surface area contributed by atoms with Crippen LogP contribution in [0.15, 0.2) is 84.9 Å². The average Bonchev–Trinajstić information content (AvgIpc) is 3.03. The number of hydrogen-bond acceptors (Lipinski definition) is 4. The van der Waals surface area contributed by atoms with Gasteiger partial charge in [0.05, 0.1) is 11.8 Å². The molecule has 3 aromatic carbocycles. The van der Waals surface area contributed by atoms with Gasteiger partial charge in [0, 0.05) is 44.7 Å². The van der Waals surface area contributed by atoms with E-state index in [1.807, 2.05) is 53.4 Å². The van der Waals surface area contributed by atoms with Gasteiger partial charge < -0.3 is 20.3 Å². The van der Waals surface area contributed by atoms with Crippen LogP contribution in [0.5, 0.6) is 0 Å². The molecular formula is C36H41N3O4. The molecule has 3 aliphatic heterocycles. The first kappa shape index (κ1) is 29.1. The number of carbonyl (C=O) groups is 3. The number of ether oxygens (including phenoxy) is 1. The molecule has 7 heteroatoms. The number of allylic oxidation sites excluding steroid dienone is 2. The first-order valence-electron chi connectivity index (χ1n) is 15.6. The lowest BCUT2D eigenvalue weighted by Crippen LogP contribution is -2.58. The van der Waals surface area contributed by atoms with Gasteiger partial charge in [-0.3, -0.25) is 14.4 Å². The molecule has 43 heavy (non-hydrogen) atoms. The monoisotopic (exact) mass is 579 g/mol. The molecule has 3 atom stereocenters. The third-order valence-electron chi connectivity index (χ3n) is 9.53. The van der Waals surface area contributed by atoms with E-state index in [1.54, 1.807) is 0 Å². The fourth-order valence-corrected chi connectivity index (χ4v) is 6.84. The number of piperidine rings is 1. The zero-order chi connectivity index (χ0) is 29.6. The molecule has 0 radical (unpaired) electrons. The maximum absolute atomic E-state index is 13.8. The Balaban J connectivity index is 1.20. The van der Waals surface area contributed by atoms with E-state index in [0.29, 0.717) is 64.8 Å². The highest BCUT2D eigenvalue weighted by Gasteiger charge is 2.41. The Labute approximate surface area is 253 Å². The van der Waals surface area contributed by atoms with Crippen LogP contribution in [0, 0.1) is 11.3 Å². The van der Waals surface area contributed by atoms with Crippen molar-refractivity contribution in [1.29, 1.82) is 0 Å². The number of amides is 3. The smallest absolute Gasteiger partial charge is 0.243 e. The molecule has 2 saturated heterocycles. The Kier molecular flexibility index (Phi) is 8.89. The zero-order valence-electron chi connectivity index (χ0n) is 24.7. The molecule has 224 valence electrons. The maximum Gasteiger partial charge on any atom is 0.243 e. The topological polar surface area (TPSA) is 87.7 Å². The van der Waals surface area contributed by atoms with Crippen LogP contribution < -0.4 is 10.6 Å². The van der Waals surface area contributed by atoms with Gasteiger partial charge in [0.2, 0.25) is 17.7 Å². The van der Waals surface area contributed by atoms with Gasteiger partial charge in [-0.1, -0.05) is 84.9 Å². The van der Waals surface area contributed by atoms with Gasteiger partial charge in [0.25, 0.3) is 0 Å². The largest absolute Gasteiger partial charge is 0.381 e. The third-order valence-corrected chi connectivity index (χ3v) is 9.53. The van der Waals surface area contributed by atoms with Crippen molar-refractivity contribution in [3.63, 3.8) is 0 Å². The number of carbonyl (C=O) groups excluding carboxylic acids is 3. The Hall–Kier alpha value is -3.97. The lowest BCUT2D eigenvalue weighted by Gasteiger charge is -2.40. The molecule has 0 aromatic heterocycles. The van der Waals surface area contributed by atoms with Gasteiger partial charge in [0.1, 0.15) is 6.04 Å². The van der Waals surface area contributed by atoms with Crippen LogP contribution >= 0.6 is 0 Å². The summed E-state index contributed by atoms with van der Waals surface area (Å²) in [6.45, 7) is 2.26. The van der Waals surface area contributed by atoms with Crippen molar-refractivity contribution in [3.8, 4) is 0 Å². The van der Waals surface area contributed by atoms with E-state index in [0.717, 1.165) is 22.9 Å². The van der Waals surface area contributed by atoms with Crippen LogP contribution in [0.1, 0.15) is 43.2 Å². The number of benzene rings is 3. The van der Waals surface area contributed by atoms with E-state index in [9.17, 15) is 14.4 Å². The second-order valence-electron chi connectivity index (χ2n) is 12.4. The lowest BCUT2D eigenvalue weighted by atomic mass is 9.75. The zero-order valence-corrected chi connectivity index (χ0v) is 24.7. The molecule has 3 aromatic rings. The average molecular weight is 580 g/mol. The van der Waals surface area contributed by atoms with E-state index >= 15 is 0 Å². The molecule has 0 saturated carbocycles. The normalized spacial score (nSPS) is 25.1. The number of likely N-dealkylation sites (tertiary alicyclic amines) is 1. The van der Waals surface area contributed by atoms with Crippen LogP contribution in [0.4, 0.5) is 0 Å². The first-order chi connectivity index (χ1) is 21.0. The van der Waals surface area contributed by atoms with Crippen molar-refractivity contribution >= 4 is 28.5 Å². The van der Waals surface area contributed by atoms with Crippen molar-refractivity contribution in [2.75, 3.05) is 26.3 Å². The highest BCUT2D eigenvalue weighted by atomic mass is 16.5. The third kappa shape index (κ3) is 6.83. The van der Waals surface area contributed by atoms with Crippen LogP contribution in [-0.4, -0.2) is 61.0 Å². The minimum atomic E-state index is -0.675. The van der Waals surface area contributed by atoms with Gasteiger partial charge in [-0.2, -0.15) is 0 Å². The molecule has 0 bridgehead atoms. The summed E-state index contributed by atoms with van der Waals surface area (Å²) in [5.74, 6) is -0.0177. The van der Waals surface area contributed by atoms with E-state index in [4.69, 9.17) is 4.74 Å². The van der Waals surface area contributed by atoms with E-state index < -0.39 is 11.5 Å². The molecule has 0 unspecified atom stereocenters. The fourth-order valence-electron chi connectivity index (χ4n) is 6.84. The molecule has 3 aliphatic rings. The Morgan fingerprint density at radius 1 is 0.884 bits per heavy atom. The summed E-state index contributed by atoms with van der Waals surface area (Å²) in [4.78, 5) is 43.0. The number of fused-ring (bicyclic) bond motifs is 2. The molecule has 0 aliphatic carbocycles. The van der Waals surface area contributed by atoms with Gasteiger partial charge in [-0.05, 0) is 54.0 Å². The van der Waals surface area contributed by atoms with Crippen LogP contribution in [0.25, 0.3) is 10.8 Å². The SMILES string of the molecule is O=C1N[C@H]2CCN(C(=O)Cc3ccc4ccccc4c3)C[C@H]2C/C=C/CC2(CCOCC2)C(=O)N[C@H]1Cc1ccccc1. The molecule has 1 spiro atoms. The molecule has 6 rings (SSSR count). The molecule has 3 heterocycles. The second-order valence-corrected chi connectivity index (χ2v) is 12.4. The Morgan fingerprint density at radius 3 is 2.47 bits per heavy atom. The highest BCUT2D eigenvalue weighted by molar-refractivity contribution is 5.91. The number of nitrogens with zero attached hydrogens (tertiary/aromatic N) is 1. The first-order valence-corrected chi connectivity index (χ1v) is 15.6. The van der Waals surface area contributed by atoms with Crippen LogP contribution in [-0.2, 0) is 32.0 Å². The van der Waals surface area contributed by atoms with Crippen molar-refractivity contribution in [1.82, 2.24) is 15.5 Å². The summed E-state index contributed by atoms with van der Waals surface area (Å²) in [6, 6.07) is 23.5. The van der Waals surface area contributed by atoms with Crippen molar-refractivity contribution in [3.05, 3.63) is 96.1 Å². The minimum Gasteiger partial charge on any atom is -0.381 e. The van der Waals surface area contributed by atoms with Gasteiger partial charge in [0.15, 0.2) is 0 Å². The summed E-state index contributed by atoms with van der Waals surface area (Å²) in [5.41, 5.74) is 1.43. The maximum atomic E-state index is 13.8. The molecular weight excluding hydrogens is 538 g/mol. The predicted octanol–water partition coefficient (Wildman–Crippen LogP) is 4.59. The number of hydrogen-bond donors (Lipinski definition) is 2. The molecule has 3 amide bonds. The second kappa shape index (κ2) is 13.1. The van der Waals surface area contributed by atoms with E-state index in [2.05, 4.69) is 47.1 Å². The molecule has 2 N–H and O–H groups in total. The summed E-state index contributed by atoms with van der Waals surface area (Å²) in [7, 11) is 0. The Morgan fingerprint density at radius 2 is 1.65 bits per heavy atom. The summed E-state index contributed by atoms with van der Waals surface area (Å²) >= 11 is 0. The summed E-state index contributed by atoms with van der Waals surface area (Å²) in [5, 5.41) is 8.75. The summed E-state index contributed by atoms with van der Waals surface area (Å²) < 4.78 is 5.61. The van der Waals surface area contributed by atoms with Crippen LogP contribution in [0.2, 0.25) is 0 Å². The Bertz CT molecular complexity index is 1480. The minimum absolute atomic E-state index is 0.0669. The quantitative estimate of drug-likeness (QED) is 0.443. The highest BCUT2D eigenvalue weighted by Crippen LogP contribution is 2.36. The van der Waals surface area contributed by atoms with Gasteiger partial charge >= 0.3 is 0 Å².